The first-order valence-electron chi connectivity index (χ1n) is 34.0. The van der Waals surface area contributed by atoms with E-state index in [1.54, 1.807) is 0 Å². The maximum atomic E-state index is 12.9. The van der Waals surface area contributed by atoms with Gasteiger partial charge in [-0.2, -0.15) is 0 Å². The molecule has 6 heteroatoms. The van der Waals surface area contributed by atoms with Crippen molar-refractivity contribution in [3.8, 4) is 0 Å². The molecule has 0 heterocycles. The van der Waals surface area contributed by atoms with Gasteiger partial charge in [-0.15, -0.1) is 0 Å². The lowest BCUT2D eigenvalue weighted by atomic mass is 10.0. The van der Waals surface area contributed by atoms with Gasteiger partial charge in [0.2, 0.25) is 0 Å². The molecule has 0 aliphatic rings. The molecule has 0 aromatic rings. The highest BCUT2D eigenvalue weighted by Crippen LogP contribution is 2.16. The van der Waals surface area contributed by atoms with Crippen molar-refractivity contribution in [1.29, 1.82) is 0 Å². The van der Waals surface area contributed by atoms with Gasteiger partial charge in [0.1, 0.15) is 13.2 Å². The first-order chi connectivity index (χ1) is 40.0. The van der Waals surface area contributed by atoms with E-state index < -0.39 is 6.10 Å². The van der Waals surface area contributed by atoms with Gasteiger partial charge in [0.05, 0.1) is 0 Å². The van der Waals surface area contributed by atoms with Crippen LogP contribution in [0.1, 0.15) is 316 Å². The fourth-order valence-corrected chi connectivity index (χ4v) is 9.37. The third kappa shape index (κ3) is 66.5. The number of rotatable bonds is 61. The van der Waals surface area contributed by atoms with Crippen molar-refractivity contribution >= 4 is 17.9 Å². The number of unbranched alkanes of at least 4 members (excludes halogenated alkanes) is 30. The van der Waals surface area contributed by atoms with Crippen molar-refractivity contribution in [1.82, 2.24) is 0 Å². The summed E-state index contributed by atoms with van der Waals surface area (Å²) < 4.78 is 16.9. The Balaban J connectivity index is 4.41. The maximum Gasteiger partial charge on any atom is 0.306 e. The molecule has 0 aliphatic heterocycles. The number of carbonyl (C=O) groups is 3. The highest BCUT2D eigenvalue weighted by atomic mass is 16.6. The number of allylic oxidation sites excluding steroid dienone is 20. The summed E-state index contributed by atoms with van der Waals surface area (Å²) >= 11 is 0. The second-order valence-corrected chi connectivity index (χ2v) is 22.4. The number of esters is 3. The molecule has 462 valence electrons. The fourth-order valence-electron chi connectivity index (χ4n) is 9.37. The highest BCUT2D eigenvalue weighted by Gasteiger charge is 2.19. The molecule has 1 atom stereocenters. The lowest BCUT2D eigenvalue weighted by molar-refractivity contribution is -0.167. The molecule has 0 saturated carbocycles. The molecule has 6 nitrogen and oxygen atoms in total. The predicted molar refractivity (Wildman–Crippen MR) is 353 cm³/mol. The van der Waals surface area contributed by atoms with Crippen LogP contribution in [0.3, 0.4) is 0 Å². The van der Waals surface area contributed by atoms with Gasteiger partial charge in [-0.1, -0.05) is 303 Å². The summed E-state index contributed by atoms with van der Waals surface area (Å²) in [6, 6.07) is 0. The molecule has 0 N–H and O–H groups in total. The second-order valence-electron chi connectivity index (χ2n) is 22.4. The molecule has 0 bridgehead atoms. The molecule has 0 rings (SSSR count). The minimum Gasteiger partial charge on any atom is -0.462 e. The zero-order valence-electron chi connectivity index (χ0n) is 53.0. The van der Waals surface area contributed by atoms with Crippen LogP contribution in [-0.4, -0.2) is 37.2 Å². The average molecular weight is 1120 g/mol. The van der Waals surface area contributed by atoms with Gasteiger partial charge in [0.15, 0.2) is 6.10 Å². The van der Waals surface area contributed by atoms with E-state index in [4.69, 9.17) is 14.2 Å². The van der Waals surface area contributed by atoms with Crippen LogP contribution < -0.4 is 0 Å². The summed E-state index contributed by atoms with van der Waals surface area (Å²) in [7, 11) is 0. The number of ether oxygens (including phenoxy) is 3. The summed E-state index contributed by atoms with van der Waals surface area (Å²) in [5, 5.41) is 0. The average Bonchev–Trinajstić information content (AvgIpc) is 3.47. The maximum absolute atomic E-state index is 12.9. The van der Waals surface area contributed by atoms with Crippen LogP contribution in [0, 0.1) is 0 Å². The lowest BCUT2D eigenvalue weighted by Crippen LogP contribution is -2.30. The van der Waals surface area contributed by atoms with Crippen LogP contribution in [0.2, 0.25) is 0 Å². The predicted octanol–water partition coefficient (Wildman–Crippen LogP) is 23.6. The van der Waals surface area contributed by atoms with Crippen molar-refractivity contribution in [3.63, 3.8) is 0 Å². The Morgan fingerprint density at radius 3 is 0.765 bits per heavy atom. The SMILES string of the molecule is CC/C=C\C/C=C\C/C=C\C/C=C\C/C=C\C/C=C\C/C=C\C/C=C\CCCCCCC(=O)OCC(COC(=O)CCCCCCC/C=C\C/C=C\CCCCCC)OC(=O)CCCCCCCCCCCCCCCCCCCC. The van der Waals surface area contributed by atoms with Crippen molar-refractivity contribution < 1.29 is 28.6 Å². The van der Waals surface area contributed by atoms with Crippen molar-refractivity contribution in [2.75, 3.05) is 13.2 Å². The summed E-state index contributed by atoms with van der Waals surface area (Å²) in [4.78, 5) is 38.4. The Kier molecular flexibility index (Phi) is 64.8. The first kappa shape index (κ1) is 76.8. The zero-order chi connectivity index (χ0) is 58.5. The van der Waals surface area contributed by atoms with Gasteiger partial charge in [0, 0.05) is 19.3 Å². The van der Waals surface area contributed by atoms with E-state index in [9.17, 15) is 14.4 Å². The van der Waals surface area contributed by atoms with Gasteiger partial charge < -0.3 is 14.2 Å². The van der Waals surface area contributed by atoms with Crippen LogP contribution in [0.5, 0.6) is 0 Å². The summed E-state index contributed by atoms with van der Waals surface area (Å²) in [6.45, 7) is 6.51. The number of hydrogen-bond donors (Lipinski definition) is 0. The van der Waals surface area contributed by atoms with E-state index in [2.05, 4.69) is 142 Å². The normalized spacial score (nSPS) is 12.9. The molecule has 1 unspecified atom stereocenters. The van der Waals surface area contributed by atoms with Gasteiger partial charge in [-0.3, -0.25) is 14.4 Å². The third-order valence-electron chi connectivity index (χ3n) is 14.5. The Morgan fingerprint density at radius 1 is 0.259 bits per heavy atom. The van der Waals surface area contributed by atoms with Crippen molar-refractivity contribution in [3.05, 3.63) is 122 Å². The zero-order valence-corrected chi connectivity index (χ0v) is 53.0. The van der Waals surface area contributed by atoms with Crippen molar-refractivity contribution in [2.45, 2.75) is 322 Å². The van der Waals surface area contributed by atoms with E-state index in [0.29, 0.717) is 19.3 Å². The third-order valence-corrected chi connectivity index (χ3v) is 14.5. The Hall–Kier alpha value is -4.19. The molecule has 0 aromatic carbocycles. The van der Waals surface area contributed by atoms with Crippen LogP contribution >= 0.6 is 0 Å². The summed E-state index contributed by atoms with van der Waals surface area (Å²) in [5.74, 6) is -0.920. The monoisotopic (exact) mass is 1120 g/mol. The molecule has 0 radical (unpaired) electrons. The molecule has 0 fully saturated rings. The van der Waals surface area contributed by atoms with Crippen LogP contribution in [0.4, 0.5) is 0 Å². The van der Waals surface area contributed by atoms with E-state index >= 15 is 0 Å². The summed E-state index contributed by atoms with van der Waals surface area (Å²) in [6.07, 6.45) is 94.9. The van der Waals surface area contributed by atoms with E-state index in [1.165, 1.54) is 128 Å². The molecule has 0 saturated heterocycles. The highest BCUT2D eigenvalue weighted by molar-refractivity contribution is 5.71. The quantitative estimate of drug-likeness (QED) is 0.0261. The molecular weight excluding hydrogens is 997 g/mol. The Bertz CT molecular complexity index is 1670. The molecule has 0 spiro atoms. The van der Waals surface area contributed by atoms with Crippen LogP contribution in [0.25, 0.3) is 0 Å². The second kappa shape index (κ2) is 68.3. The number of hydrogen-bond acceptors (Lipinski definition) is 6. The molecular formula is C75H126O6. The minimum atomic E-state index is -0.798. The topological polar surface area (TPSA) is 78.9 Å². The fraction of sp³-hybridized carbons (Fsp3) is 0.693. The largest absolute Gasteiger partial charge is 0.462 e. The van der Waals surface area contributed by atoms with Crippen molar-refractivity contribution in [2.24, 2.45) is 0 Å². The lowest BCUT2D eigenvalue weighted by Gasteiger charge is -2.18. The van der Waals surface area contributed by atoms with Crippen LogP contribution in [0.15, 0.2) is 122 Å². The first-order valence-corrected chi connectivity index (χ1v) is 34.0. The van der Waals surface area contributed by atoms with Gasteiger partial charge in [-0.25, -0.2) is 0 Å². The van der Waals surface area contributed by atoms with Gasteiger partial charge >= 0.3 is 17.9 Å². The number of carbonyl (C=O) groups excluding carboxylic acids is 3. The summed E-state index contributed by atoms with van der Waals surface area (Å²) in [5.41, 5.74) is 0. The smallest absolute Gasteiger partial charge is 0.306 e. The van der Waals surface area contributed by atoms with Crippen LogP contribution in [-0.2, 0) is 28.6 Å². The van der Waals surface area contributed by atoms with Gasteiger partial charge in [-0.05, 0) is 116 Å². The standard InChI is InChI=1S/C75H126O6/c1-4-7-10-13-16-19-22-25-28-31-33-34-35-36-37-38-39-40-41-42-43-45-47-50-53-56-59-62-65-68-74(77)80-71-72(70-79-73(76)67-64-61-58-55-52-49-46-30-27-24-21-18-15-12-9-6-3)81-75(78)69-66-63-60-57-54-51-48-44-32-29-26-23-20-17-14-11-8-5-2/h7,10,16,19,21,24-25,28,30,33-34,36-37,39-40,42-43,46-47,50,72H,4-6,8-9,11-15,17-18,20,22-23,26-27,29,31-32,35,38,41,44-45,48-49,51-71H2,1-3H3/b10-7-,19-16-,24-21-,28-25-,34-33-,37-36-,40-39-,43-42-,46-30-,50-47-. The molecule has 0 aliphatic carbocycles. The minimum absolute atomic E-state index is 0.0931. The van der Waals surface area contributed by atoms with Gasteiger partial charge in [0.25, 0.3) is 0 Å². The Morgan fingerprint density at radius 2 is 0.481 bits per heavy atom. The molecule has 81 heavy (non-hydrogen) atoms. The van der Waals surface area contributed by atoms with E-state index in [1.807, 2.05) is 0 Å². The van der Waals surface area contributed by atoms with E-state index in [-0.39, 0.29) is 31.1 Å². The molecule has 0 aromatic heterocycles. The Labute approximate surface area is 501 Å². The molecule has 0 amide bonds. The van der Waals surface area contributed by atoms with E-state index in [0.717, 1.165) is 148 Å².